The van der Waals surface area contributed by atoms with Crippen molar-refractivity contribution < 1.29 is 23.9 Å². The third kappa shape index (κ3) is 5.16. The number of urea groups is 1. The molecule has 1 N–H and O–H groups in total. The van der Waals surface area contributed by atoms with Crippen molar-refractivity contribution in [3.63, 3.8) is 0 Å². The molecular weight excluding hydrogens is 460 g/mol. The summed E-state index contributed by atoms with van der Waals surface area (Å²) >= 11 is 0. The van der Waals surface area contributed by atoms with Crippen LogP contribution in [0.5, 0.6) is 0 Å². The minimum atomic E-state index is -0.484. The smallest absolute Gasteiger partial charge is 0.410 e. The molecule has 3 aliphatic rings. The Morgan fingerprint density at radius 1 is 1.03 bits per heavy atom. The number of pyridine rings is 1. The van der Waals surface area contributed by atoms with Crippen LogP contribution >= 0.6 is 0 Å². The summed E-state index contributed by atoms with van der Waals surface area (Å²) in [6.45, 7) is 7.31. The van der Waals surface area contributed by atoms with Crippen LogP contribution in [-0.4, -0.2) is 65.4 Å². The standard InChI is InChI=1S/C27H34N4O5/c1-27(2,3)36-26(34)30-10-7-18(8-11-30)35-19-13-17(14-19)20-5-4-6-21-22(20)15-28-16-23(21)31-12-9-24(32)29-25(31)33/h4-6,15-19H,7-14H2,1-3H3,(H,29,32,33). The number of ether oxygens (including phenoxy) is 2. The number of likely N-dealkylation sites (tertiary alicyclic amines) is 1. The molecule has 3 fully saturated rings. The molecule has 1 aromatic carbocycles. The van der Waals surface area contributed by atoms with Crippen LogP contribution in [0.3, 0.4) is 0 Å². The van der Waals surface area contributed by atoms with E-state index < -0.39 is 11.6 Å². The van der Waals surface area contributed by atoms with Crippen molar-refractivity contribution in [2.75, 3.05) is 24.5 Å². The predicted octanol–water partition coefficient (Wildman–Crippen LogP) is 4.34. The van der Waals surface area contributed by atoms with E-state index in [4.69, 9.17) is 9.47 Å². The number of hydrogen-bond donors (Lipinski definition) is 1. The van der Waals surface area contributed by atoms with Crippen LogP contribution in [0.1, 0.15) is 64.4 Å². The van der Waals surface area contributed by atoms with E-state index in [9.17, 15) is 14.4 Å². The third-order valence-electron chi connectivity index (χ3n) is 7.17. The Morgan fingerprint density at radius 2 is 1.78 bits per heavy atom. The molecule has 192 valence electrons. The van der Waals surface area contributed by atoms with Gasteiger partial charge in [0.15, 0.2) is 0 Å². The van der Waals surface area contributed by atoms with E-state index in [1.807, 2.05) is 39.1 Å². The maximum atomic E-state index is 12.4. The zero-order valence-corrected chi connectivity index (χ0v) is 21.2. The lowest BCUT2D eigenvalue weighted by molar-refractivity contribution is -0.120. The molecule has 1 aromatic heterocycles. The van der Waals surface area contributed by atoms with Crippen LogP contribution in [0.25, 0.3) is 10.8 Å². The van der Waals surface area contributed by atoms with Gasteiger partial charge in [-0.05, 0) is 57.9 Å². The Hall–Kier alpha value is -3.20. The van der Waals surface area contributed by atoms with Gasteiger partial charge in [0.1, 0.15) is 5.60 Å². The Kier molecular flexibility index (Phi) is 6.59. The van der Waals surface area contributed by atoms with Gasteiger partial charge in [-0.2, -0.15) is 0 Å². The average molecular weight is 495 g/mol. The SMILES string of the molecule is CC(C)(C)OC(=O)N1CCC(OC2CC(c3cccc4c(N5CCC(=O)NC5=O)cncc34)C2)CC1. The number of piperidine rings is 1. The summed E-state index contributed by atoms with van der Waals surface area (Å²) in [6, 6.07) is 5.76. The molecule has 3 heterocycles. The van der Waals surface area contributed by atoms with Gasteiger partial charge in [0.05, 0.1) is 24.1 Å². The summed E-state index contributed by atoms with van der Waals surface area (Å²) in [7, 11) is 0. The molecule has 1 saturated carbocycles. The molecule has 2 saturated heterocycles. The van der Waals surface area contributed by atoms with Crippen LogP contribution in [0.2, 0.25) is 0 Å². The maximum absolute atomic E-state index is 12.4. The Morgan fingerprint density at radius 3 is 2.47 bits per heavy atom. The van der Waals surface area contributed by atoms with E-state index in [1.54, 1.807) is 16.0 Å². The average Bonchev–Trinajstić information content (AvgIpc) is 2.80. The lowest BCUT2D eigenvalue weighted by Crippen LogP contribution is -2.49. The largest absolute Gasteiger partial charge is 0.444 e. The summed E-state index contributed by atoms with van der Waals surface area (Å²) in [5.74, 6) is 0.121. The molecule has 4 amide bonds. The molecule has 9 heteroatoms. The van der Waals surface area contributed by atoms with Crippen molar-refractivity contribution in [2.45, 2.75) is 76.6 Å². The number of imide groups is 1. The molecule has 36 heavy (non-hydrogen) atoms. The zero-order chi connectivity index (χ0) is 25.4. The predicted molar refractivity (Wildman–Crippen MR) is 135 cm³/mol. The van der Waals surface area contributed by atoms with E-state index in [-0.39, 0.29) is 30.6 Å². The molecule has 5 rings (SSSR count). The first-order valence-corrected chi connectivity index (χ1v) is 12.8. The van der Waals surface area contributed by atoms with Gasteiger partial charge in [-0.1, -0.05) is 18.2 Å². The molecule has 2 aliphatic heterocycles. The van der Waals surface area contributed by atoms with E-state index in [0.717, 1.165) is 42.1 Å². The van der Waals surface area contributed by atoms with Crippen LogP contribution in [0, 0.1) is 0 Å². The van der Waals surface area contributed by atoms with E-state index >= 15 is 0 Å². The third-order valence-corrected chi connectivity index (χ3v) is 7.17. The summed E-state index contributed by atoms with van der Waals surface area (Å²) in [6.07, 6.45) is 7.48. The minimum absolute atomic E-state index is 0.163. The van der Waals surface area contributed by atoms with Crippen molar-refractivity contribution >= 4 is 34.5 Å². The molecule has 0 unspecified atom stereocenters. The lowest BCUT2D eigenvalue weighted by Gasteiger charge is -2.40. The van der Waals surface area contributed by atoms with Crippen LogP contribution in [0.15, 0.2) is 30.6 Å². The fourth-order valence-corrected chi connectivity index (χ4v) is 5.27. The second-order valence-electron chi connectivity index (χ2n) is 10.9. The number of amides is 4. The molecular formula is C27H34N4O5. The molecule has 0 radical (unpaired) electrons. The highest BCUT2D eigenvalue weighted by molar-refractivity contribution is 6.10. The number of aromatic nitrogens is 1. The highest BCUT2D eigenvalue weighted by atomic mass is 16.6. The number of benzene rings is 1. The van der Waals surface area contributed by atoms with Gasteiger partial charge >= 0.3 is 12.1 Å². The Labute approximate surface area is 211 Å². The lowest BCUT2D eigenvalue weighted by atomic mass is 9.76. The minimum Gasteiger partial charge on any atom is -0.444 e. The molecule has 9 nitrogen and oxygen atoms in total. The zero-order valence-electron chi connectivity index (χ0n) is 21.2. The van der Waals surface area contributed by atoms with Gasteiger partial charge in [-0.15, -0.1) is 0 Å². The molecule has 0 atom stereocenters. The van der Waals surface area contributed by atoms with Gasteiger partial charge in [0.2, 0.25) is 5.91 Å². The highest BCUT2D eigenvalue weighted by Crippen LogP contribution is 2.43. The quantitative estimate of drug-likeness (QED) is 0.679. The van der Waals surface area contributed by atoms with Gasteiger partial charge in [-0.3, -0.25) is 20.0 Å². The van der Waals surface area contributed by atoms with Crippen LogP contribution in [0.4, 0.5) is 15.3 Å². The number of carbonyl (C=O) groups excluding carboxylic acids is 3. The second-order valence-corrected chi connectivity index (χ2v) is 10.9. The summed E-state index contributed by atoms with van der Waals surface area (Å²) in [4.78, 5) is 44.0. The molecule has 0 spiro atoms. The van der Waals surface area contributed by atoms with Crippen LogP contribution in [-0.2, 0) is 14.3 Å². The number of nitrogens with one attached hydrogen (secondary N) is 1. The molecule has 1 aliphatic carbocycles. The first kappa shape index (κ1) is 24.5. The van der Waals surface area contributed by atoms with E-state index in [2.05, 4.69) is 16.4 Å². The maximum Gasteiger partial charge on any atom is 0.410 e. The Bertz CT molecular complexity index is 1160. The summed E-state index contributed by atoms with van der Waals surface area (Å²) in [5.41, 5.74) is 1.46. The van der Waals surface area contributed by atoms with Crippen molar-refractivity contribution in [1.29, 1.82) is 0 Å². The fraction of sp³-hybridized carbons (Fsp3) is 0.556. The normalized spacial score (nSPS) is 23.4. The van der Waals surface area contributed by atoms with Crippen LogP contribution < -0.4 is 10.2 Å². The monoisotopic (exact) mass is 494 g/mol. The van der Waals surface area contributed by atoms with Gasteiger partial charge < -0.3 is 14.4 Å². The summed E-state index contributed by atoms with van der Waals surface area (Å²) < 4.78 is 11.9. The number of anilines is 1. The number of rotatable bonds is 4. The van der Waals surface area contributed by atoms with E-state index in [1.165, 1.54) is 5.56 Å². The van der Waals surface area contributed by atoms with Gasteiger partial charge in [0, 0.05) is 43.0 Å². The van der Waals surface area contributed by atoms with Crippen molar-refractivity contribution in [3.05, 3.63) is 36.2 Å². The summed E-state index contributed by atoms with van der Waals surface area (Å²) in [5, 5.41) is 4.39. The van der Waals surface area contributed by atoms with Crippen molar-refractivity contribution in [1.82, 2.24) is 15.2 Å². The van der Waals surface area contributed by atoms with Gasteiger partial charge in [0.25, 0.3) is 0 Å². The second kappa shape index (κ2) is 9.69. The van der Waals surface area contributed by atoms with E-state index in [0.29, 0.717) is 25.6 Å². The highest BCUT2D eigenvalue weighted by Gasteiger charge is 2.36. The first-order valence-electron chi connectivity index (χ1n) is 12.8. The number of hydrogen-bond acceptors (Lipinski definition) is 6. The molecule has 0 bridgehead atoms. The van der Waals surface area contributed by atoms with Crippen molar-refractivity contribution in [3.8, 4) is 0 Å². The number of carbonyl (C=O) groups is 3. The fourth-order valence-electron chi connectivity index (χ4n) is 5.27. The Balaban J connectivity index is 1.19. The van der Waals surface area contributed by atoms with Gasteiger partial charge in [-0.25, -0.2) is 9.59 Å². The first-order chi connectivity index (χ1) is 17.2. The van der Waals surface area contributed by atoms with Crippen molar-refractivity contribution in [2.24, 2.45) is 0 Å². The number of fused-ring (bicyclic) bond motifs is 1. The topological polar surface area (TPSA) is 101 Å². The molecule has 2 aromatic rings. The number of nitrogens with zero attached hydrogens (tertiary/aromatic N) is 3.